The van der Waals surface area contributed by atoms with Gasteiger partial charge in [-0.1, -0.05) is 0 Å². The maximum Gasteiger partial charge on any atom is 0.118 e. The lowest BCUT2D eigenvalue weighted by molar-refractivity contribution is 0.0871. The molecule has 2 rings (SSSR count). The Morgan fingerprint density at radius 3 is 2.75 bits per heavy atom. The zero-order chi connectivity index (χ0) is 11.5. The summed E-state index contributed by atoms with van der Waals surface area (Å²) in [6.45, 7) is 7.02. The summed E-state index contributed by atoms with van der Waals surface area (Å²) in [7, 11) is 2.17. The van der Waals surface area contributed by atoms with Crippen molar-refractivity contribution in [1.29, 1.82) is 0 Å². The molecule has 1 aliphatic rings. The molecule has 1 aromatic rings. The molecule has 1 atom stereocenters. The van der Waals surface area contributed by atoms with Crippen molar-refractivity contribution < 1.29 is 4.42 Å². The van der Waals surface area contributed by atoms with Crippen molar-refractivity contribution in [3.05, 3.63) is 23.7 Å². The topological polar surface area (TPSA) is 45.6 Å². The molecule has 0 saturated carbocycles. The zero-order valence-electron chi connectivity index (χ0n) is 10.1. The van der Waals surface area contributed by atoms with Gasteiger partial charge in [0.25, 0.3) is 0 Å². The Kier molecular flexibility index (Phi) is 3.63. The third kappa shape index (κ3) is 2.64. The van der Waals surface area contributed by atoms with Crippen LogP contribution in [0.25, 0.3) is 0 Å². The van der Waals surface area contributed by atoms with Crippen molar-refractivity contribution >= 4 is 0 Å². The van der Waals surface area contributed by atoms with E-state index >= 15 is 0 Å². The second-order valence-electron chi connectivity index (χ2n) is 4.65. The average Bonchev–Trinajstić information content (AvgIpc) is 2.70. The van der Waals surface area contributed by atoms with Crippen LogP contribution in [0.5, 0.6) is 0 Å². The van der Waals surface area contributed by atoms with Gasteiger partial charge in [-0.3, -0.25) is 4.90 Å². The maximum atomic E-state index is 5.63. The molecule has 2 N–H and O–H groups in total. The average molecular weight is 223 g/mol. The monoisotopic (exact) mass is 223 g/mol. The second kappa shape index (κ2) is 4.99. The third-order valence-electron chi connectivity index (χ3n) is 3.25. The van der Waals surface area contributed by atoms with E-state index in [9.17, 15) is 0 Å². The molecule has 1 fully saturated rings. The molecule has 16 heavy (non-hydrogen) atoms. The summed E-state index contributed by atoms with van der Waals surface area (Å²) in [6, 6.07) is 4.59. The fraction of sp³-hybridized carbons (Fsp3) is 0.667. The largest absolute Gasteiger partial charge is 0.463 e. The van der Waals surface area contributed by atoms with E-state index in [1.54, 1.807) is 0 Å². The summed E-state index contributed by atoms with van der Waals surface area (Å²) in [5.74, 6) is 1.90. The molecule has 2 heterocycles. The van der Waals surface area contributed by atoms with Crippen LogP contribution in [0.2, 0.25) is 0 Å². The Balaban J connectivity index is 1.93. The summed E-state index contributed by atoms with van der Waals surface area (Å²) >= 11 is 0. The summed E-state index contributed by atoms with van der Waals surface area (Å²) in [5, 5.41) is 0. The standard InChI is InChI=1S/C12H21N3O/c1-10-8-14(2)5-6-15(10)9-12-4-3-11(7-13)16-12/h3-4,10H,5-9,13H2,1-2H3. The minimum Gasteiger partial charge on any atom is -0.463 e. The highest BCUT2D eigenvalue weighted by Gasteiger charge is 2.22. The van der Waals surface area contributed by atoms with Crippen molar-refractivity contribution in [2.75, 3.05) is 26.7 Å². The molecule has 90 valence electrons. The van der Waals surface area contributed by atoms with Gasteiger partial charge in [0, 0.05) is 25.7 Å². The van der Waals surface area contributed by atoms with E-state index in [1.807, 2.05) is 12.1 Å². The lowest BCUT2D eigenvalue weighted by Crippen LogP contribution is -2.49. The van der Waals surface area contributed by atoms with Crippen LogP contribution >= 0.6 is 0 Å². The smallest absolute Gasteiger partial charge is 0.118 e. The molecule has 0 aliphatic carbocycles. The molecule has 1 aromatic heterocycles. The molecule has 0 radical (unpaired) electrons. The molecule has 4 heteroatoms. The number of hydrogen-bond acceptors (Lipinski definition) is 4. The predicted molar refractivity (Wildman–Crippen MR) is 64.0 cm³/mol. The van der Waals surface area contributed by atoms with Gasteiger partial charge in [-0.2, -0.15) is 0 Å². The van der Waals surface area contributed by atoms with E-state index in [-0.39, 0.29) is 0 Å². The minimum atomic E-state index is 0.484. The molecule has 1 aliphatic heterocycles. The number of rotatable bonds is 3. The first-order chi connectivity index (χ1) is 7.69. The van der Waals surface area contributed by atoms with E-state index in [1.165, 1.54) is 0 Å². The van der Waals surface area contributed by atoms with Gasteiger partial charge in [-0.25, -0.2) is 0 Å². The number of nitrogens with two attached hydrogens (primary N) is 1. The Bertz CT molecular complexity index is 337. The second-order valence-corrected chi connectivity index (χ2v) is 4.65. The SMILES string of the molecule is CC1CN(C)CCN1Cc1ccc(CN)o1. The van der Waals surface area contributed by atoms with Gasteiger partial charge in [-0.15, -0.1) is 0 Å². The lowest BCUT2D eigenvalue weighted by atomic mass is 10.2. The van der Waals surface area contributed by atoms with Crippen LogP contribution in [-0.2, 0) is 13.1 Å². The third-order valence-corrected chi connectivity index (χ3v) is 3.25. The van der Waals surface area contributed by atoms with Crippen molar-refractivity contribution in [1.82, 2.24) is 9.80 Å². The first-order valence-corrected chi connectivity index (χ1v) is 5.89. The van der Waals surface area contributed by atoms with Crippen LogP contribution in [0.15, 0.2) is 16.5 Å². The van der Waals surface area contributed by atoms with Crippen molar-refractivity contribution in [3.63, 3.8) is 0 Å². The van der Waals surface area contributed by atoms with Gasteiger partial charge < -0.3 is 15.1 Å². The van der Waals surface area contributed by atoms with Gasteiger partial charge in [0.15, 0.2) is 0 Å². The van der Waals surface area contributed by atoms with Gasteiger partial charge >= 0.3 is 0 Å². The zero-order valence-corrected chi connectivity index (χ0v) is 10.1. The molecule has 4 nitrogen and oxygen atoms in total. The number of hydrogen-bond donors (Lipinski definition) is 1. The van der Waals surface area contributed by atoms with Crippen LogP contribution < -0.4 is 5.73 Å². The highest BCUT2D eigenvalue weighted by molar-refractivity contribution is 5.07. The predicted octanol–water partition coefficient (Wildman–Crippen LogP) is 0.874. The first-order valence-electron chi connectivity index (χ1n) is 5.89. The molecule has 0 spiro atoms. The van der Waals surface area contributed by atoms with Crippen LogP contribution in [0.1, 0.15) is 18.4 Å². The van der Waals surface area contributed by atoms with E-state index in [0.29, 0.717) is 12.6 Å². The first kappa shape index (κ1) is 11.6. The summed E-state index contributed by atoms with van der Waals surface area (Å²) in [5.41, 5.74) is 5.53. The quantitative estimate of drug-likeness (QED) is 0.826. The molecular weight excluding hydrogens is 202 g/mol. The van der Waals surface area contributed by atoms with Crippen LogP contribution in [0, 0.1) is 0 Å². The summed E-state index contributed by atoms with van der Waals surface area (Å²) in [4.78, 5) is 4.83. The Morgan fingerprint density at radius 1 is 1.38 bits per heavy atom. The number of furan rings is 1. The van der Waals surface area contributed by atoms with Crippen LogP contribution in [0.4, 0.5) is 0 Å². The Hall–Kier alpha value is -0.840. The number of nitrogens with zero attached hydrogens (tertiary/aromatic N) is 2. The fourth-order valence-corrected chi connectivity index (χ4v) is 2.23. The van der Waals surface area contributed by atoms with Crippen molar-refractivity contribution in [2.24, 2.45) is 5.73 Å². The van der Waals surface area contributed by atoms with Gasteiger partial charge in [0.05, 0.1) is 13.1 Å². The molecule has 0 bridgehead atoms. The van der Waals surface area contributed by atoms with Crippen molar-refractivity contribution in [3.8, 4) is 0 Å². The van der Waals surface area contributed by atoms with Crippen LogP contribution in [0.3, 0.4) is 0 Å². The van der Waals surface area contributed by atoms with Gasteiger partial charge in [-0.05, 0) is 26.1 Å². The maximum absolute atomic E-state index is 5.63. The Morgan fingerprint density at radius 2 is 2.12 bits per heavy atom. The molecule has 0 amide bonds. The lowest BCUT2D eigenvalue weighted by Gasteiger charge is -2.37. The van der Waals surface area contributed by atoms with E-state index < -0.39 is 0 Å². The van der Waals surface area contributed by atoms with Crippen LogP contribution in [-0.4, -0.2) is 42.5 Å². The molecule has 0 aromatic carbocycles. The fourth-order valence-electron chi connectivity index (χ4n) is 2.23. The highest BCUT2D eigenvalue weighted by Crippen LogP contribution is 2.15. The summed E-state index contributed by atoms with van der Waals surface area (Å²) < 4.78 is 5.63. The molecule has 1 saturated heterocycles. The van der Waals surface area contributed by atoms with Gasteiger partial charge in [0.2, 0.25) is 0 Å². The number of likely N-dealkylation sites (N-methyl/N-ethyl adjacent to an activating group) is 1. The minimum absolute atomic E-state index is 0.484. The molecular formula is C12H21N3O. The van der Waals surface area contributed by atoms with E-state index in [4.69, 9.17) is 10.2 Å². The number of piperazine rings is 1. The van der Waals surface area contributed by atoms with E-state index in [2.05, 4.69) is 23.8 Å². The normalized spacial score (nSPS) is 23.8. The summed E-state index contributed by atoms with van der Waals surface area (Å²) in [6.07, 6.45) is 0. The highest BCUT2D eigenvalue weighted by atomic mass is 16.3. The Labute approximate surface area is 97.0 Å². The van der Waals surface area contributed by atoms with Crippen molar-refractivity contribution in [2.45, 2.75) is 26.1 Å². The molecule has 1 unspecified atom stereocenters. The van der Waals surface area contributed by atoms with E-state index in [0.717, 1.165) is 37.7 Å². The van der Waals surface area contributed by atoms with Gasteiger partial charge in [0.1, 0.15) is 11.5 Å².